The van der Waals surface area contributed by atoms with Crippen LogP contribution in [0.1, 0.15) is 32.6 Å². The van der Waals surface area contributed by atoms with Gasteiger partial charge < -0.3 is 5.32 Å². The smallest absolute Gasteiger partial charge is 0.251 e. The third-order valence-electron chi connectivity index (χ3n) is 2.99. The average molecular weight is 273 g/mol. The number of carbonyl (C=O) groups is 1. The largest absolute Gasteiger partial charge is 0.349 e. The van der Waals surface area contributed by atoms with Gasteiger partial charge in [-0.3, -0.25) is 4.79 Å². The molecule has 1 atom stereocenters. The molecule has 0 aliphatic carbocycles. The van der Waals surface area contributed by atoms with E-state index in [0.717, 1.165) is 12.0 Å². The zero-order chi connectivity index (χ0) is 13.8. The summed E-state index contributed by atoms with van der Waals surface area (Å²) in [7, 11) is 0. The van der Waals surface area contributed by atoms with Crippen molar-refractivity contribution in [2.45, 2.75) is 33.2 Å². The van der Waals surface area contributed by atoms with Gasteiger partial charge in [-0.05, 0) is 45.0 Å². The van der Waals surface area contributed by atoms with Crippen molar-refractivity contribution in [1.82, 2.24) is 5.32 Å². The molecule has 0 saturated carbocycles. The quantitative estimate of drug-likeness (QED) is 0.903. The second kappa shape index (κ2) is 6.02. The van der Waals surface area contributed by atoms with Gasteiger partial charge in [-0.25, -0.2) is 0 Å². The van der Waals surface area contributed by atoms with Crippen LogP contribution in [0.4, 0.5) is 0 Å². The van der Waals surface area contributed by atoms with Gasteiger partial charge in [0.25, 0.3) is 5.91 Å². The Morgan fingerprint density at radius 3 is 2.42 bits per heavy atom. The predicted molar refractivity (Wildman–Crippen MR) is 80.9 cm³/mol. The third-order valence-corrected chi connectivity index (χ3v) is 4.02. The highest BCUT2D eigenvalue weighted by atomic mass is 32.1. The Balaban J connectivity index is 1.93. The molecule has 0 radical (unpaired) electrons. The molecule has 2 rings (SSSR count). The molecule has 0 aliphatic rings. The van der Waals surface area contributed by atoms with Gasteiger partial charge in [-0.1, -0.05) is 17.7 Å². The molecule has 3 heteroatoms. The van der Waals surface area contributed by atoms with Crippen LogP contribution in [-0.2, 0) is 6.42 Å². The van der Waals surface area contributed by atoms with E-state index in [9.17, 15) is 4.79 Å². The molecular weight excluding hydrogens is 254 g/mol. The number of aryl methyl sites for hydroxylation is 2. The highest BCUT2D eigenvalue weighted by Crippen LogP contribution is 2.16. The Morgan fingerprint density at radius 1 is 1.16 bits per heavy atom. The molecular formula is C16H19NOS. The maximum Gasteiger partial charge on any atom is 0.251 e. The number of hydrogen-bond donors (Lipinski definition) is 1. The molecule has 1 amide bonds. The first kappa shape index (κ1) is 13.8. The molecule has 1 aromatic heterocycles. The van der Waals surface area contributed by atoms with Crippen LogP contribution in [-0.4, -0.2) is 11.9 Å². The highest BCUT2D eigenvalue weighted by molar-refractivity contribution is 7.11. The Kier molecular flexibility index (Phi) is 4.38. The molecule has 2 nitrogen and oxygen atoms in total. The monoisotopic (exact) mass is 273 g/mol. The molecule has 1 unspecified atom stereocenters. The Morgan fingerprint density at radius 2 is 1.84 bits per heavy atom. The number of benzene rings is 1. The maximum atomic E-state index is 12.1. The van der Waals surface area contributed by atoms with Gasteiger partial charge in [0.2, 0.25) is 0 Å². The SMILES string of the molecule is Cc1ccc(C(=O)NC(C)Cc2ccc(C)s2)cc1. The minimum Gasteiger partial charge on any atom is -0.349 e. The van der Waals surface area contributed by atoms with Crippen LogP contribution in [0, 0.1) is 13.8 Å². The van der Waals surface area contributed by atoms with Crippen LogP contribution in [0.3, 0.4) is 0 Å². The van der Waals surface area contributed by atoms with Crippen LogP contribution in [0.5, 0.6) is 0 Å². The van der Waals surface area contributed by atoms with Gasteiger partial charge >= 0.3 is 0 Å². The van der Waals surface area contributed by atoms with E-state index in [0.29, 0.717) is 0 Å². The summed E-state index contributed by atoms with van der Waals surface area (Å²) in [4.78, 5) is 14.7. The van der Waals surface area contributed by atoms with Crippen molar-refractivity contribution in [3.05, 3.63) is 57.3 Å². The topological polar surface area (TPSA) is 29.1 Å². The van der Waals surface area contributed by atoms with Crippen molar-refractivity contribution in [2.75, 3.05) is 0 Å². The van der Waals surface area contributed by atoms with E-state index in [-0.39, 0.29) is 11.9 Å². The zero-order valence-electron chi connectivity index (χ0n) is 11.6. The van der Waals surface area contributed by atoms with Crippen LogP contribution in [0.2, 0.25) is 0 Å². The lowest BCUT2D eigenvalue weighted by atomic mass is 10.1. The summed E-state index contributed by atoms with van der Waals surface area (Å²) in [5.74, 6) is 0.000720. The van der Waals surface area contributed by atoms with Gasteiger partial charge in [0.1, 0.15) is 0 Å². The van der Waals surface area contributed by atoms with Crippen molar-refractivity contribution in [3.63, 3.8) is 0 Å². The van der Waals surface area contributed by atoms with Gasteiger partial charge in [-0.2, -0.15) is 0 Å². The van der Waals surface area contributed by atoms with Crippen LogP contribution in [0.15, 0.2) is 36.4 Å². The lowest BCUT2D eigenvalue weighted by Gasteiger charge is -2.13. The van der Waals surface area contributed by atoms with Crippen LogP contribution in [0.25, 0.3) is 0 Å². The highest BCUT2D eigenvalue weighted by Gasteiger charge is 2.10. The standard InChI is InChI=1S/C16H19NOS/c1-11-4-7-14(8-5-11)16(18)17-12(2)10-15-9-6-13(3)19-15/h4-9,12H,10H2,1-3H3,(H,17,18). The lowest BCUT2D eigenvalue weighted by Crippen LogP contribution is -2.33. The van der Waals surface area contributed by atoms with Gasteiger partial charge in [0, 0.05) is 27.8 Å². The van der Waals surface area contributed by atoms with Crippen molar-refractivity contribution >= 4 is 17.2 Å². The van der Waals surface area contributed by atoms with Crippen molar-refractivity contribution in [2.24, 2.45) is 0 Å². The predicted octanol–water partition coefficient (Wildman–Crippen LogP) is 3.73. The number of thiophene rings is 1. The molecule has 0 aliphatic heterocycles. The molecule has 0 saturated heterocycles. The molecule has 0 spiro atoms. The van der Waals surface area contributed by atoms with Crippen LogP contribution < -0.4 is 5.32 Å². The van der Waals surface area contributed by atoms with E-state index in [2.05, 4.69) is 24.4 Å². The van der Waals surface area contributed by atoms with Crippen molar-refractivity contribution in [3.8, 4) is 0 Å². The first-order valence-electron chi connectivity index (χ1n) is 6.47. The summed E-state index contributed by atoms with van der Waals surface area (Å²) in [5, 5.41) is 3.04. The van der Waals surface area contributed by atoms with Crippen LogP contribution >= 0.6 is 11.3 Å². The Hall–Kier alpha value is -1.61. The minimum atomic E-state index is 0.000720. The summed E-state index contributed by atoms with van der Waals surface area (Å²) in [6.45, 7) is 6.16. The fourth-order valence-electron chi connectivity index (χ4n) is 1.96. The lowest BCUT2D eigenvalue weighted by molar-refractivity contribution is 0.0940. The minimum absolute atomic E-state index is 0.000720. The molecule has 0 fully saturated rings. The summed E-state index contributed by atoms with van der Waals surface area (Å²) < 4.78 is 0. The summed E-state index contributed by atoms with van der Waals surface area (Å²) in [6.07, 6.45) is 0.885. The van der Waals surface area contributed by atoms with Gasteiger partial charge in [0.15, 0.2) is 0 Å². The number of rotatable bonds is 4. The molecule has 19 heavy (non-hydrogen) atoms. The summed E-state index contributed by atoms with van der Waals surface area (Å²) in [5.41, 5.74) is 1.89. The summed E-state index contributed by atoms with van der Waals surface area (Å²) in [6, 6.07) is 12.1. The first-order valence-corrected chi connectivity index (χ1v) is 7.29. The molecule has 1 N–H and O–H groups in total. The number of nitrogens with one attached hydrogen (secondary N) is 1. The maximum absolute atomic E-state index is 12.1. The first-order chi connectivity index (χ1) is 9.04. The molecule has 100 valence electrons. The zero-order valence-corrected chi connectivity index (χ0v) is 12.4. The van der Waals surface area contributed by atoms with Crippen molar-refractivity contribution < 1.29 is 4.79 Å². The second-order valence-corrected chi connectivity index (χ2v) is 6.33. The van der Waals surface area contributed by atoms with E-state index >= 15 is 0 Å². The number of carbonyl (C=O) groups excluding carboxylic acids is 1. The average Bonchev–Trinajstić information content (AvgIpc) is 2.75. The second-order valence-electron chi connectivity index (χ2n) is 4.96. The van der Waals surface area contributed by atoms with Crippen molar-refractivity contribution in [1.29, 1.82) is 0 Å². The third kappa shape index (κ3) is 3.93. The van der Waals surface area contributed by atoms with E-state index in [1.807, 2.05) is 38.1 Å². The molecule has 0 bridgehead atoms. The summed E-state index contributed by atoms with van der Waals surface area (Å²) >= 11 is 1.79. The number of amides is 1. The normalized spacial score (nSPS) is 12.2. The van der Waals surface area contributed by atoms with E-state index in [1.165, 1.54) is 15.3 Å². The van der Waals surface area contributed by atoms with Gasteiger partial charge in [-0.15, -0.1) is 11.3 Å². The fraction of sp³-hybridized carbons (Fsp3) is 0.312. The Bertz CT molecular complexity index is 556. The number of hydrogen-bond acceptors (Lipinski definition) is 2. The van der Waals surface area contributed by atoms with E-state index < -0.39 is 0 Å². The molecule has 1 heterocycles. The van der Waals surface area contributed by atoms with E-state index in [1.54, 1.807) is 11.3 Å². The molecule has 1 aromatic carbocycles. The Labute approximate surface area is 118 Å². The van der Waals surface area contributed by atoms with Gasteiger partial charge in [0.05, 0.1) is 0 Å². The fourth-order valence-corrected chi connectivity index (χ4v) is 2.98. The van der Waals surface area contributed by atoms with E-state index in [4.69, 9.17) is 0 Å². The molecule has 2 aromatic rings.